The van der Waals surface area contributed by atoms with E-state index in [2.05, 4.69) is 9.97 Å². The average Bonchev–Trinajstić information content (AvgIpc) is 2.20. The van der Waals surface area contributed by atoms with E-state index in [9.17, 15) is 5.11 Å². The summed E-state index contributed by atoms with van der Waals surface area (Å²) in [6.45, 7) is 0. The van der Waals surface area contributed by atoms with E-state index >= 15 is 0 Å². The van der Waals surface area contributed by atoms with Crippen LogP contribution in [0.2, 0.25) is 0 Å². The molecular weight excluding hydrogens is 180 g/mol. The zero-order valence-corrected chi connectivity index (χ0v) is 7.25. The molecule has 0 amide bonds. The molecule has 0 saturated carbocycles. The highest BCUT2D eigenvalue weighted by atomic mass is 16.3. The predicted octanol–water partition coefficient (Wildman–Crippen LogP) is 1.55. The molecule has 0 aliphatic rings. The van der Waals surface area contributed by atoms with Crippen LogP contribution in [-0.4, -0.2) is 20.2 Å². The Bertz CT molecular complexity index is 440. The van der Waals surface area contributed by atoms with Crippen LogP contribution in [0.3, 0.4) is 0 Å². The first kappa shape index (κ1) is 8.50. The Kier molecular flexibility index (Phi) is 2.02. The van der Waals surface area contributed by atoms with Gasteiger partial charge in [0.2, 0.25) is 11.8 Å². The van der Waals surface area contributed by atoms with Gasteiger partial charge in [0.05, 0.1) is 0 Å². The molecule has 0 aliphatic carbocycles. The quantitative estimate of drug-likeness (QED) is 0.712. The Hall–Kier alpha value is -2.10. The van der Waals surface area contributed by atoms with E-state index in [1.54, 1.807) is 18.2 Å². The second-order valence-electron chi connectivity index (χ2n) is 2.78. The van der Waals surface area contributed by atoms with Crippen molar-refractivity contribution < 1.29 is 10.2 Å². The molecule has 2 aromatic heterocycles. The van der Waals surface area contributed by atoms with Gasteiger partial charge < -0.3 is 10.2 Å². The fourth-order valence-corrected chi connectivity index (χ4v) is 1.17. The number of aromatic hydroxyl groups is 2. The van der Waals surface area contributed by atoms with E-state index < -0.39 is 0 Å². The maximum absolute atomic E-state index is 9.43. The van der Waals surface area contributed by atoms with Gasteiger partial charge in [-0.3, -0.25) is 0 Å². The monoisotopic (exact) mass is 188 g/mol. The van der Waals surface area contributed by atoms with Gasteiger partial charge in [-0.25, -0.2) is 9.97 Å². The molecule has 0 bridgehead atoms. The maximum Gasteiger partial charge on any atom is 0.218 e. The first-order chi connectivity index (χ1) is 6.77. The molecule has 0 saturated heterocycles. The van der Waals surface area contributed by atoms with Crippen LogP contribution < -0.4 is 0 Å². The van der Waals surface area contributed by atoms with Gasteiger partial charge in [0, 0.05) is 29.6 Å². The molecule has 4 heteroatoms. The Balaban J connectivity index is 2.50. The third-order valence-corrected chi connectivity index (χ3v) is 1.85. The summed E-state index contributed by atoms with van der Waals surface area (Å²) in [5, 5.41) is 18.4. The largest absolute Gasteiger partial charge is 0.493 e. The number of hydrogen-bond acceptors (Lipinski definition) is 4. The normalized spacial score (nSPS) is 10.0. The fourth-order valence-electron chi connectivity index (χ4n) is 1.17. The summed E-state index contributed by atoms with van der Waals surface area (Å²) in [6.07, 6.45) is 2.98. The van der Waals surface area contributed by atoms with Crippen LogP contribution in [0.25, 0.3) is 11.1 Å². The summed E-state index contributed by atoms with van der Waals surface area (Å²) in [5.74, 6) is -0.0860. The van der Waals surface area contributed by atoms with Gasteiger partial charge in [-0.1, -0.05) is 0 Å². The summed E-state index contributed by atoms with van der Waals surface area (Å²) in [6, 6.07) is 6.58. The smallest absolute Gasteiger partial charge is 0.218 e. The van der Waals surface area contributed by atoms with Crippen LogP contribution in [0.1, 0.15) is 0 Å². The lowest BCUT2D eigenvalue weighted by Gasteiger charge is -2.02. The van der Waals surface area contributed by atoms with E-state index in [1.807, 2.05) is 0 Å². The van der Waals surface area contributed by atoms with Crippen molar-refractivity contribution in [3.63, 3.8) is 0 Å². The van der Waals surface area contributed by atoms with Crippen molar-refractivity contribution in [2.45, 2.75) is 0 Å². The molecule has 0 aromatic carbocycles. The first-order valence-corrected chi connectivity index (χ1v) is 4.07. The number of hydrogen-bond donors (Lipinski definition) is 2. The predicted molar refractivity (Wildman–Crippen MR) is 50.8 cm³/mol. The molecule has 4 nitrogen and oxygen atoms in total. The van der Waals surface area contributed by atoms with Crippen LogP contribution in [0.4, 0.5) is 0 Å². The van der Waals surface area contributed by atoms with Crippen molar-refractivity contribution in [3.05, 3.63) is 36.7 Å². The van der Waals surface area contributed by atoms with Crippen LogP contribution in [0, 0.1) is 0 Å². The number of pyridine rings is 2. The highest BCUT2D eigenvalue weighted by Crippen LogP contribution is 2.26. The molecule has 0 spiro atoms. The molecule has 0 unspecified atom stereocenters. The number of nitrogens with zero attached hydrogens (tertiary/aromatic N) is 2. The number of rotatable bonds is 1. The van der Waals surface area contributed by atoms with Crippen LogP contribution >= 0.6 is 0 Å². The summed E-state index contributed by atoms with van der Waals surface area (Å²) >= 11 is 0. The molecule has 14 heavy (non-hydrogen) atoms. The van der Waals surface area contributed by atoms with Crippen molar-refractivity contribution in [2.75, 3.05) is 0 Å². The van der Waals surface area contributed by atoms with Gasteiger partial charge in [0.1, 0.15) is 0 Å². The minimum Gasteiger partial charge on any atom is -0.493 e. The van der Waals surface area contributed by atoms with Crippen molar-refractivity contribution in [1.82, 2.24) is 9.97 Å². The second-order valence-corrected chi connectivity index (χ2v) is 2.78. The van der Waals surface area contributed by atoms with E-state index in [-0.39, 0.29) is 11.8 Å². The van der Waals surface area contributed by atoms with Gasteiger partial charge in [-0.15, -0.1) is 0 Å². The van der Waals surface area contributed by atoms with E-state index in [4.69, 9.17) is 5.11 Å². The Labute approximate surface area is 80.5 Å². The maximum atomic E-state index is 9.43. The highest BCUT2D eigenvalue weighted by molar-refractivity contribution is 5.67. The van der Waals surface area contributed by atoms with E-state index in [1.165, 1.54) is 18.5 Å². The Morgan fingerprint density at radius 1 is 1.00 bits per heavy atom. The van der Waals surface area contributed by atoms with Crippen molar-refractivity contribution in [2.24, 2.45) is 0 Å². The average molecular weight is 188 g/mol. The zero-order chi connectivity index (χ0) is 9.97. The third-order valence-electron chi connectivity index (χ3n) is 1.85. The molecule has 2 aromatic rings. The van der Waals surface area contributed by atoms with E-state index in [0.717, 1.165) is 0 Å². The highest BCUT2D eigenvalue weighted by Gasteiger charge is 2.04. The van der Waals surface area contributed by atoms with Gasteiger partial charge in [0.15, 0.2) is 0 Å². The lowest BCUT2D eigenvalue weighted by molar-refractivity contribution is 0.452. The molecule has 0 aliphatic heterocycles. The zero-order valence-electron chi connectivity index (χ0n) is 7.25. The molecule has 0 fully saturated rings. The standard InChI is InChI=1S/C10H8N2O2/c13-9-4-3-7(6-12-9)8-2-1-5-11-10(8)14/h1-6H,(H,11,14)(H,12,13). The van der Waals surface area contributed by atoms with Gasteiger partial charge in [0.25, 0.3) is 0 Å². The molecule has 2 heterocycles. The van der Waals surface area contributed by atoms with Crippen molar-refractivity contribution in [1.29, 1.82) is 0 Å². The molecule has 0 radical (unpaired) electrons. The molecule has 70 valence electrons. The van der Waals surface area contributed by atoms with Gasteiger partial charge in [-0.05, 0) is 18.2 Å². The molecule has 2 rings (SSSR count). The Morgan fingerprint density at radius 3 is 2.50 bits per heavy atom. The second kappa shape index (κ2) is 3.33. The minimum atomic E-state index is -0.0443. The fraction of sp³-hybridized carbons (Fsp3) is 0. The first-order valence-electron chi connectivity index (χ1n) is 4.07. The van der Waals surface area contributed by atoms with Gasteiger partial charge >= 0.3 is 0 Å². The lowest BCUT2D eigenvalue weighted by Crippen LogP contribution is -1.82. The van der Waals surface area contributed by atoms with E-state index in [0.29, 0.717) is 11.1 Å². The summed E-state index contributed by atoms with van der Waals surface area (Å²) in [4.78, 5) is 7.46. The summed E-state index contributed by atoms with van der Waals surface area (Å²) < 4.78 is 0. The van der Waals surface area contributed by atoms with Crippen LogP contribution in [0.15, 0.2) is 36.7 Å². The topological polar surface area (TPSA) is 66.2 Å². The van der Waals surface area contributed by atoms with Crippen molar-refractivity contribution in [3.8, 4) is 22.9 Å². The molecule has 0 atom stereocenters. The summed E-state index contributed by atoms with van der Waals surface area (Å²) in [7, 11) is 0. The third kappa shape index (κ3) is 1.50. The van der Waals surface area contributed by atoms with Gasteiger partial charge in [-0.2, -0.15) is 0 Å². The lowest BCUT2D eigenvalue weighted by atomic mass is 10.1. The number of aromatic nitrogens is 2. The van der Waals surface area contributed by atoms with Crippen LogP contribution in [-0.2, 0) is 0 Å². The SMILES string of the molecule is Oc1ccc(-c2cccnc2O)cn1. The molecule has 2 N–H and O–H groups in total. The summed E-state index contributed by atoms with van der Waals surface area (Å²) in [5.41, 5.74) is 1.31. The van der Waals surface area contributed by atoms with Crippen molar-refractivity contribution >= 4 is 0 Å². The Morgan fingerprint density at radius 2 is 1.86 bits per heavy atom. The molecular formula is C10H8N2O2. The van der Waals surface area contributed by atoms with Crippen LogP contribution in [0.5, 0.6) is 11.8 Å². The minimum absolute atomic E-state index is 0.0417.